The fourth-order valence-electron chi connectivity index (χ4n) is 4.62. The fourth-order valence-corrected chi connectivity index (χ4v) is 4.87. The van der Waals surface area contributed by atoms with Crippen LogP contribution in [0.3, 0.4) is 0 Å². The summed E-state index contributed by atoms with van der Waals surface area (Å²) < 4.78 is 2.38. The second kappa shape index (κ2) is 7.71. The lowest BCUT2D eigenvalue weighted by molar-refractivity contribution is 1.18. The van der Waals surface area contributed by atoms with Crippen LogP contribution in [-0.2, 0) is 0 Å². The molecular weight excluding hydrogens is 410 g/mol. The first-order chi connectivity index (χ1) is 15.8. The minimum atomic E-state index is 0.770. The number of benzene rings is 5. The molecule has 0 saturated carbocycles. The van der Waals surface area contributed by atoms with Gasteiger partial charge in [0.05, 0.1) is 11.0 Å². The number of fused-ring (bicyclic) bond motifs is 3. The zero-order chi connectivity index (χ0) is 21.5. The van der Waals surface area contributed by atoms with Crippen molar-refractivity contribution < 1.29 is 0 Å². The average molecular weight is 430 g/mol. The highest BCUT2D eigenvalue weighted by atomic mass is 35.5. The molecule has 1 aromatic heterocycles. The second-order valence-electron chi connectivity index (χ2n) is 7.95. The Balaban J connectivity index is 1.60. The van der Waals surface area contributed by atoms with Crippen LogP contribution in [0.2, 0.25) is 5.02 Å². The number of para-hydroxylation sites is 3. The first-order valence-electron chi connectivity index (χ1n) is 10.7. The van der Waals surface area contributed by atoms with Gasteiger partial charge in [-0.25, -0.2) is 0 Å². The molecule has 0 spiro atoms. The van der Waals surface area contributed by atoms with Crippen LogP contribution >= 0.6 is 11.6 Å². The maximum atomic E-state index is 6.42. The average Bonchev–Trinajstić information content (AvgIpc) is 3.20. The summed E-state index contributed by atoms with van der Waals surface area (Å²) in [6.45, 7) is 0. The minimum absolute atomic E-state index is 0.770. The Bertz CT molecular complexity index is 1560. The molecule has 0 fully saturated rings. The lowest BCUT2D eigenvalue weighted by Crippen LogP contribution is -1.95. The topological polar surface area (TPSA) is 4.93 Å². The standard InChI is InChI=1S/C30H20ClN/c31-28-15-6-4-11-24(28)21-17-19-22(20-18-21)25-13-8-14-27-26-12-5-7-16-29(26)32(30(25)27)23-9-2-1-3-10-23/h1-20H. The minimum Gasteiger partial charge on any atom is -0.309 e. The van der Waals surface area contributed by atoms with Crippen molar-refractivity contribution in [3.8, 4) is 27.9 Å². The molecule has 1 nitrogen and oxygen atoms in total. The van der Waals surface area contributed by atoms with Gasteiger partial charge in [-0.1, -0.05) is 109 Å². The molecule has 0 N–H and O–H groups in total. The van der Waals surface area contributed by atoms with Crippen LogP contribution in [0.1, 0.15) is 0 Å². The molecule has 0 aliphatic rings. The molecule has 0 saturated heterocycles. The maximum absolute atomic E-state index is 6.42. The normalized spacial score (nSPS) is 11.3. The van der Waals surface area contributed by atoms with Gasteiger partial charge < -0.3 is 4.57 Å². The molecule has 6 rings (SSSR count). The molecule has 2 heteroatoms. The molecule has 6 aromatic rings. The van der Waals surface area contributed by atoms with Gasteiger partial charge in [-0.15, -0.1) is 0 Å². The Labute approximate surface area is 192 Å². The van der Waals surface area contributed by atoms with Crippen LogP contribution in [0.4, 0.5) is 0 Å². The highest BCUT2D eigenvalue weighted by molar-refractivity contribution is 6.33. The van der Waals surface area contributed by atoms with Gasteiger partial charge in [-0.3, -0.25) is 0 Å². The number of halogens is 1. The van der Waals surface area contributed by atoms with Crippen LogP contribution in [0, 0.1) is 0 Å². The molecule has 0 aliphatic heterocycles. The summed E-state index contributed by atoms with van der Waals surface area (Å²) in [7, 11) is 0. The lowest BCUT2D eigenvalue weighted by atomic mass is 9.98. The van der Waals surface area contributed by atoms with Crippen LogP contribution in [0.5, 0.6) is 0 Å². The van der Waals surface area contributed by atoms with Crippen molar-refractivity contribution in [1.82, 2.24) is 4.57 Å². The maximum Gasteiger partial charge on any atom is 0.0619 e. The SMILES string of the molecule is Clc1ccccc1-c1ccc(-c2cccc3c4ccccc4n(-c4ccccc4)c23)cc1. The van der Waals surface area contributed by atoms with E-state index in [-0.39, 0.29) is 0 Å². The number of nitrogens with zero attached hydrogens (tertiary/aromatic N) is 1. The van der Waals surface area contributed by atoms with Gasteiger partial charge in [0, 0.05) is 32.6 Å². The smallest absolute Gasteiger partial charge is 0.0619 e. The zero-order valence-electron chi connectivity index (χ0n) is 17.4. The van der Waals surface area contributed by atoms with Crippen LogP contribution < -0.4 is 0 Å². The summed E-state index contributed by atoms with van der Waals surface area (Å²) in [5, 5.41) is 3.30. The van der Waals surface area contributed by atoms with Gasteiger partial charge in [0.1, 0.15) is 0 Å². The third-order valence-electron chi connectivity index (χ3n) is 6.09. The number of hydrogen-bond donors (Lipinski definition) is 0. The summed E-state index contributed by atoms with van der Waals surface area (Å²) >= 11 is 6.42. The van der Waals surface area contributed by atoms with Crippen molar-refractivity contribution in [1.29, 1.82) is 0 Å². The summed E-state index contributed by atoms with van der Waals surface area (Å²) in [5.41, 5.74) is 8.19. The van der Waals surface area contributed by atoms with E-state index in [1.165, 1.54) is 38.6 Å². The van der Waals surface area contributed by atoms with Gasteiger partial charge in [0.2, 0.25) is 0 Å². The predicted octanol–water partition coefficient (Wildman–Crippen LogP) is 8.77. The molecule has 5 aromatic carbocycles. The number of rotatable bonds is 3. The third-order valence-corrected chi connectivity index (χ3v) is 6.42. The highest BCUT2D eigenvalue weighted by Gasteiger charge is 2.16. The van der Waals surface area contributed by atoms with Crippen LogP contribution in [0.25, 0.3) is 49.7 Å². The third kappa shape index (κ3) is 3.02. The van der Waals surface area contributed by atoms with Gasteiger partial charge in [0.25, 0.3) is 0 Å². The molecular formula is C30H20ClN. The van der Waals surface area contributed by atoms with E-state index in [4.69, 9.17) is 11.6 Å². The molecule has 0 amide bonds. The molecule has 0 atom stereocenters. The Hall–Kier alpha value is -3.81. The predicted molar refractivity (Wildman–Crippen MR) is 137 cm³/mol. The second-order valence-corrected chi connectivity index (χ2v) is 8.35. The number of hydrogen-bond acceptors (Lipinski definition) is 0. The van der Waals surface area contributed by atoms with Gasteiger partial charge >= 0.3 is 0 Å². The molecule has 0 unspecified atom stereocenters. The van der Waals surface area contributed by atoms with Gasteiger partial charge in [0.15, 0.2) is 0 Å². The first-order valence-corrected chi connectivity index (χ1v) is 11.1. The van der Waals surface area contributed by atoms with Crippen molar-refractivity contribution in [3.05, 3.63) is 126 Å². The van der Waals surface area contributed by atoms with E-state index in [9.17, 15) is 0 Å². The van der Waals surface area contributed by atoms with Gasteiger partial charge in [-0.2, -0.15) is 0 Å². The Kier molecular flexibility index (Phi) is 4.56. The number of aromatic nitrogens is 1. The summed E-state index contributed by atoms with van der Waals surface area (Å²) in [4.78, 5) is 0. The Morgan fingerprint density at radius 3 is 1.84 bits per heavy atom. The van der Waals surface area contributed by atoms with E-state index in [1.807, 2.05) is 18.2 Å². The summed E-state index contributed by atoms with van der Waals surface area (Å²) in [6.07, 6.45) is 0. The highest BCUT2D eigenvalue weighted by Crippen LogP contribution is 2.38. The zero-order valence-corrected chi connectivity index (χ0v) is 18.1. The lowest BCUT2D eigenvalue weighted by Gasteiger charge is -2.12. The molecule has 0 radical (unpaired) electrons. The van der Waals surface area contributed by atoms with Crippen molar-refractivity contribution in [2.45, 2.75) is 0 Å². The van der Waals surface area contributed by atoms with Crippen molar-refractivity contribution in [2.24, 2.45) is 0 Å². The van der Waals surface area contributed by atoms with E-state index < -0.39 is 0 Å². The molecule has 0 aliphatic carbocycles. The van der Waals surface area contributed by atoms with Crippen molar-refractivity contribution >= 4 is 33.4 Å². The molecule has 32 heavy (non-hydrogen) atoms. The Morgan fingerprint density at radius 1 is 0.469 bits per heavy atom. The van der Waals surface area contributed by atoms with E-state index in [2.05, 4.69) is 108 Å². The van der Waals surface area contributed by atoms with Crippen LogP contribution in [0.15, 0.2) is 121 Å². The molecule has 0 bridgehead atoms. The first kappa shape index (κ1) is 18.9. The van der Waals surface area contributed by atoms with Crippen molar-refractivity contribution in [2.75, 3.05) is 0 Å². The summed E-state index contributed by atoms with van der Waals surface area (Å²) in [6, 6.07) is 42.5. The van der Waals surface area contributed by atoms with Crippen LogP contribution in [-0.4, -0.2) is 4.57 Å². The van der Waals surface area contributed by atoms with E-state index in [0.29, 0.717) is 0 Å². The van der Waals surface area contributed by atoms with Crippen molar-refractivity contribution in [3.63, 3.8) is 0 Å². The van der Waals surface area contributed by atoms with Gasteiger partial charge in [-0.05, 0) is 35.4 Å². The van der Waals surface area contributed by atoms with E-state index in [1.54, 1.807) is 0 Å². The molecule has 152 valence electrons. The van der Waals surface area contributed by atoms with E-state index in [0.717, 1.165) is 16.1 Å². The largest absolute Gasteiger partial charge is 0.309 e. The Morgan fingerprint density at radius 2 is 1.06 bits per heavy atom. The fraction of sp³-hybridized carbons (Fsp3) is 0. The monoisotopic (exact) mass is 429 g/mol. The quantitative estimate of drug-likeness (QED) is 0.265. The molecule has 1 heterocycles. The summed E-state index contributed by atoms with van der Waals surface area (Å²) in [5.74, 6) is 0. The van der Waals surface area contributed by atoms with E-state index >= 15 is 0 Å².